The fourth-order valence-electron chi connectivity index (χ4n) is 6.96. The van der Waals surface area contributed by atoms with E-state index < -0.39 is 12.2 Å². The molecule has 12 nitrogen and oxygen atoms in total. The monoisotopic (exact) mass is 716 g/mol. The minimum atomic E-state index is -0.831. The number of aromatic nitrogens is 1. The number of hydrazine groups is 1. The molecule has 0 bridgehead atoms. The van der Waals surface area contributed by atoms with Crippen molar-refractivity contribution in [1.29, 1.82) is 0 Å². The van der Waals surface area contributed by atoms with Crippen LogP contribution in [-0.2, 0) is 29.1 Å². The quantitative estimate of drug-likeness (QED) is 0.183. The van der Waals surface area contributed by atoms with Crippen LogP contribution in [0.5, 0.6) is 0 Å². The molecule has 2 aliphatic rings. The Balaban J connectivity index is 1.17. The van der Waals surface area contributed by atoms with Gasteiger partial charge < -0.3 is 26.2 Å². The number of nitrogens with two attached hydrogens (primary N) is 1. The average Bonchev–Trinajstić information content (AvgIpc) is 3.69. The number of hydrogen-bond donors (Lipinski definition) is 3. The van der Waals surface area contributed by atoms with E-state index in [0.29, 0.717) is 22.9 Å². The average molecular weight is 717 g/mol. The number of rotatable bonds is 10. The predicted molar refractivity (Wildman–Crippen MR) is 201 cm³/mol. The second kappa shape index (κ2) is 14.8. The number of fused-ring (bicyclic) bond motifs is 2. The highest BCUT2D eigenvalue weighted by Crippen LogP contribution is 2.33. The normalized spacial score (nSPS) is 17.4. The number of urea groups is 1. The van der Waals surface area contributed by atoms with E-state index in [9.17, 15) is 19.2 Å². The molecule has 0 radical (unpaired) electrons. The van der Waals surface area contributed by atoms with Gasteiger partial charge in [0.05, 0.1) is 23.3 Å². The molecule has 2 saturated heterocycles. The molecule has 266 valence electrons. The summed E-state index contributed by atoms with van der Waals surface area (Å²) in [5, 5.41) is 9.77. The molecule has 0 saturated carbocycles. The molecule has 2 fully saturated rings. The number of carbonyl (C=O) groups excluding carboxylic acids is 4. The van der Waals surface area contributed by atoms with Gasteiger partial charge in [-0.3, -0.25) is 19.4 Å². The molecule has 2 atom stereocenters. The molecule has 13 heteroatoms. The van der Waals surface area contributed by atoms with Gasteiger partial charge in [-0.05, 0) is 60.9 Å². The van der Waals surface area contributed by atoms with Gasteiger partial charge in [0.1, 0.15) is 12.2 Å². The van der Waals surface area contributed by atoms with Crippen molar-refractivity contribution in [2.75, 3.05) is 24.1 Å². The number of amides is 5. The van der Waals surface area contributed by atoms with Gasteiger partial charge in [0, 0.05) is 36.8 Å². The third-order valence-electron chi connectivity index (χ3n) is 9.38. The van der Waals surface area contributed by atoms with E-state index in [4.69, 9.17) is 5.73 Å². The second-order valence-corrected chi connectivity index (χ2v) is 14.3. The lowest BCUT2D eigenvalue weighted by Crippen LogP contribution is -2.66. The van der Waals surface area contributed by atoms with E-state index in [1.807, 2.05) is 80.6 Å². The minimum absolute atomic E-state index is 0.0537. The van der Waals surface area contributed by atoms with Crippen LogP contribution in [0.15, 0.2) is 103 Å². The maximum atomic E-state index is 14.5. The number of anilines is 2. The van der Waals surface area contributed by atoms with Crippen molar-refractivity contribution in [3.63, 3.8) is 0 Å². The SMILES string of the molecule is CC(C)N(C(=O)NCc1ccccc1)N1CC(=O)N2[C@@H](Cc3ccc(NC(=O)c4ccccc4)cc3)C(=O)N(Cc3cccc4sc(N)nc34)C[C@@H]21. The van der Waals surface area contributed by atoms with Crippen LogP contribution in [0.4, 0.5) is 15.6 Å². The van der Waals surface area contributed by atoms with Crippen molar-refractivity contribution < 1.29 is 19.2 Å². The van der Waals surface area contributed by atoms with Gasteiger partial charge in [-0.15, -0.1) is 0 Å². The van der Waals surface area contributed by atoms with Gasteiger partial charge in [-0.2, -0.15) is 5.01 Å². The fraction of sp³-hybridized carbons (Fsp3) is 0.256. The smallest absolute Gasteiger partial charge is 0.332 e. The molecule has 4 N–H and O–H groups in total. The summed E-state index contributed by atoms with van der Waals surface area (Å²) in [5.41, 5.74) is 10.6. The first-order valence-electron chi connectivity index (χ1n) is 17.2. The Bertz CT molecular complexity index is 2090. The zero-order valence-corrected chi connectivity index (χ0v) is 29.8. The summed E-state index contributed by atoms with van der Waals surface area (Å²) < 4.78 is 0.927. The van der Waals surface area contributed by atoms with Crippen molar-refractivity contribution in [1.82, 2.24) is 30.1 Å². The highest BCUT2D eigenvalue weighted by atomic mass is 32.1. The highest BCUT2D eigenvalue weighted by Gasteiger charge is 2.52. The number of para-hydroxylation sites is 1. The molecule has 2 aliphatic heterocycles. The summed E-state index contributed by atoms with van der Waals surface area (Å²) in [7, 11) is 0. The number of nitrogens with one attached hydrogen (secondary N) is 2. The maximum Gasteiger partial charge on any atom is 0.332 e. The lowest BCUT2D eigenvalue weighted by atomic mass is 9.99. The Labute approximate surface area is 305 Å². The van der Waals surface area contributed by atoms with Crippen LogP contribution in [0, 0.1) is 0 Å². The zero-order chi connectivity index (χ0) is 36.4. The highest BCUT2D eigenvalue weighted by molar-refractivity contribution is 7.22. The lowest BCUT2D eigenvalue weighted by molar-refractivity contribution is -0.158. The van der Waals surface area contributed by atoms with E-state index in [0.717, 1.165) is 26.9 Å². The number of hydrogen-bond acceptors (Lipinski definition) is 8. The van der Waals surface area contributed by atoms with Crippen molar-refractivity contribution in [3.05, 3.63) is 125 Å². The Morgan fingerprint density at radius 2 is 1.63 bits per heavy atom. The van der Waals surface area contributed by atoms with Crippen molar-refractivity contribution in [2.45, 2.75) is 51.6 Å². The molecule has 7 rings (SSSR count). The lowest BCUT2D eigenvalue weighted by Gasteiger charge is -2.47. The Hall–Kier alpha value is -5.79. The van der Waals surface area contributed by atoms with Crippen LogP contribution in [0.3, 0.4) is 0 Å². The molecule has 0 aliphatic carbocycles. The summed E-state index contributed by atoms with van der Waals surface area (Å²) in [6, 6.07) is 30.3. The van der Waals surface area contributed by atoms with E-state index in [-0.39, 0.29) is 55.8 Å². The molecule has 4 aromatic carbocycles. The third kappa shape index (κ3) is 7.18. The Kier molecular flexibility index (Phi) is 9.88. The summed E-state index contributed by atoms with van der Waals surface area (Å²) >= 11 is 1.39. The molecule has 52 heavy (non-hydrogen) atoms. The van der Waals surface area contributed by atoms with Gasteiger partial charge in [0.15, 0.2) is 5.13 Å². The van der Waals surface area contributed by atoms with Crippen molar-refractivity contribution in [3.8, 4) is 0 Å². The molecule has 1 aromatic heterocycles. The first-order valence-corrected chi connectivity index (χ1v) is 18.0. The fourth-order valence-corrected chi connectivity index (χ4v) is 7.74. The van der Waals surface area contributed by atoms with Crippen LogP contribution in [0.2, 0.25) is 0 Å². The predicted octanol–water partition coefficient (Wildman–Crippen LogP) is 5.09. The van der Waals surface area contributed by atoms with Crippen LogP contribution in [-0.4, -0.2) is 79.9 Å². The Morgan fingerprint density at radius 3 is 2.35 bits per heavy atom. The number of nitrogens with zero attached hydrogens (tertiary/aromatic N) is 5. The van der Waals surface area contributed by atoms with E-state index >= 15 is 0 Å². The summed E-state index contributed by atoms with van der Waals surface area (Å²) in [4.78, 5) is 62.9. The minimum Gasteiger partial charge on any atom is -0.375 e. The standard InChI is InChI=1S/C39H40N8O4S/c1-25(2)47(39(51)41-21-27-10-5-3-6-11-27)45-24-34(48)46-31(20-26-16-18-30(19-17-26)42-36(49)28-12-7-4-8-13-28)37(50)44(23-33(45)46)22-29-14-9-15-32-35(29)43-38(40)52-32/h3-19,25,31,33H,20-24H2,1-2H3,(H2,40,43)(H,41,51)(H,42,49)/t31-,33+/m0/s1. The molecule has 0 unspecified atom stereocenters. The van der Waals surface area contributed by atoms with Crippen LogP contribution in [0.25, 0.3) is 10.2 Å². The van der Waals surface area contributed by atoms with Crippen LogP contribution < -0.4 is 16.4 Å². The topological polar surface area (TPSA) is 144 Å². The van der Waals surface area contributed by atoms with Gasteiger partial charge >= 0.3 is 6.03 Å². The van der Waals surface area contributed by atoms with E-state index in [1.165, 1.54) is 11.3 Å². The molecule has 0 spiro atoms. The van der Waals surface area contributed by atoms with Crippen LogP contribution >= 0.6 is 11.3 Å². The summed E-state index contributed by atoms with van der Waals surface area (Å²) in [5.74, 6) is -0.653. The third-order valence-corrected chi connectivity index (χ3v) is 10.2. The maximum absolute atomic E-state index is 14.5. The van der Waals surface area contributed by atoms with E-state index in [2.05, 4.69) is 15.6 Å². The summed E-state index contributed by atoms with van der Waals surface area (Å²) in [6.07, 6.45) is -0.349. The number of benzene rings is 4. The zero-order valence-electron chi connectivity index (χ0n) is 28.9. The van der Waals surface area contributed by atoms with Gasteiger partial charge in [-0.1, -0.05) is 84.1 Å². The largest absolute Gasteiger partial charge is 0.375 e. The number of piperazine rings is 1. The number of thiazole rings is 1. The molecule has 3 heterocycles. The molecule has 5 aromatic rings. The van der Waals surface area contributed by atoms with Gasteiger partial charge in [0.2, 0.25) is 11.8 Å². The van der Waals surface area contributed by atoms with Crippen LogP contribution in [0.1, 0.15) is 40.9 Å². The number of nitrogen functional groups attached to an aromatic ring is 1. The first-order chi connectivity index (χ1) is 25.2. The molecular formula is C39H40N8O4S. The van der Waals surface area contributed by atoms with Gasteiger partial charge in [0.25, 0.3) is 5.91 Å². The second-order valence-electron chi connectivity index (χ2n) is 13.2. The summed E-state index contributed by atoms with van der Waals surface area (Å²) in [6.45, 7) is 4.54. The first kappa shape index (κ1) is 34.6. The van der Waals surface area contributed by atoms with Crippen molar-refractivity contribution >= 4 is 56.1 Å². The Morgan fingerprint density at radius 1 is 0.923 bits per heavy atom. The van der Waals surface area contributed by atoms with E-state index in [1.54, 1.807) is 56.2 Å². The van der Waals surface area contributed by atoms with Crippen molar-refractivity contribution in [2.24, 2.45) is 0 Å². The molecular weight excluding hydrogens is 677 g/mol. The number of carbonyl (C=O) groups is 4. The molecule has 5 amide bonds. The van der Waals surface area contributed by atoms with Gasteiger partial charge in [-0.25, -0.2) is 9.78 Å².